The van der Waals surface area contributed by atoms with Crippen LogP contribution in [0.2, 0.25) is 0 Å². The monoisotopic (exact) mass is 288 g/mol. The van der Waals surface area contributed by atoms with Crippen LogP contribution in [0, 0.1) is 11.8 Å². The lowest BCUT2D eigenvalue weighted by Crippen LogP contribution is -2.49. The minimum Gasteiger partial charge on any atom is -0.341 e. The zero-order valence-corrected chi connectivity index (χ0v) is 13.3. The van der Waals surface area contributed by atoms with E-state index in [4.69, 9.17) is 5.73 Å². The van der Waals surface area contributed by atoms with Crippen molar-refractivity contribution >= 4 is 5.91 Å². The van der Waals surface area contributed by atoms with Gasteiger partial charge in [0.05, 0.1) is 6.04 Å². The topological polar surface area (TPSA) is 46.3 Å². The van der Waals surface area contributed by atoms with Crippen LogP contribution in [0.4, 0.5) is 0 Å². The third kappa shape index (κ3) is 4.31. The van der Waals surface area contributed by atoms with E-state index in [1.165, 1.54) is 5.56 Å². The number of piperidine rings is 1. The van der Waals surface area contributed by atoms with Crippen LogP contribution in [0.3, 0.4) is 0 Å². The van der Waals surface area contributed by atoms with E-state index in [0.29, 0.717) is 5.92 Å². The molecule has 116 valence electrons. The number of hydrogen-bond donors (Lipinski definition) is 1. The Kier molecular flexibility index (Phi) is 5.80. The zero-order chi connectivity index (χ0) is 15.2. The Hall–Kier alpha value is -1.35. The number of benzene rings is 1. The maximum absolute atomic E-state index is 12.4. The van der Waals surface area contributed by atoms with E-state index in [2.05, 4.69) is 44.2 Å². The summed E-state index contributed by atoms with van der Waals surface area (Å²) in [5.74, 6) is 1.10. The third-order valence-corrected chi connectivity index (χ3v) is 4.84. The molecule has 3 nitrogen and oxygen atoms in total. The molecule has 1 heterocycles. The maximum Gasteiger partial charge on any atom is 0.239 e. The van der Waals surface area contributed by atoms with Crippen LogP contribution in [0.5, 0.6) is 0 Å². The molecule has 0 aromatic heterocycles. The summed E-state index contributed by atoms with van der Waals surface area (Å²) in [5, 5.41) is 0. The average Bonchev–Trinajstić information content (AvgIpc) is 2.54. The second-order valence-electron chi connectivity index (χ2n) is 6.37. The van der Waals surface area contributed by atoms with Crippen molar-refractivity contribution in [1.29, 1.82) is 0 Å². The Bertz CT molecular complexity index is 438. The van der Waals surface area contributed by atoms with Gasteiger partial charge in [0.25, 0.3) is 0 Å². The van der Waals surface area contributed by atoms with Crippen LogP contribution in [0.1, 0.15) is 38.7 Å². The number of likely N-dealkylation sites (tertiary alicyclic amines) is 1. The van der Waals surface area contributed by atoms with Crippen LogP contribution in [-0.4, -0.2) is 29.9 Å². The summed E-state index contributed by atoms with van der Waals surface area (Å²) in [5.41, 5.74) is 7.47. The van der Waals surface area contributed by atoms with Gasteiger partial charge in [-0.1, -0.05) is 50.6 Å². The highest BCUT2D eigenvalue weighted by Crippen LogP contribution is 2.22. The molecule has 21 heavy (non-hydrogen) atoms. The van der Waals surface area contributed by atoms with Crippen molar-refractivity contribution in [2.45, 2.75) is 45.6 Å². The molecule has 1 aliphatic rings. The maximum atomic E-state index is 12.4. The highest BCUT2D eigenvalue weighted by atomic mass is 16.2. The van der Waals surface area contributed by atoms with Gasteiger partial charge in [-0.25, -0.2) is 0 Å². The first kappa shape index (κ1) is 16.0. The number of carbonyl (C=O) groups is 1. The fourth-order valence-electron chi connectivity index (χ4n) is 3.01. The minimum absolute atomic E-state index is 0.141. The van der Waals surface area contributed by atoms with Crippen molar-refractivity contribution in [3.63, 3.8) is 0 Å². The number of nitrogens with zero attached hydrogens (tertiary/aromatic N) is 1. The summed E-state index contributed by atoms with van der Waals surface area (Å²) < 4.78 is 0. The highest BCUT2D eigenvalue weighted by Gasteiger charge is 2.28. The van der Waals surface area contributed by atoms with Crippen LogP contribution in [-0.2, 0) is 11.2 Å². The van der Waals surface area contributed by atoms with E-state index >= 15 is 0 Å². The molecule has 2 N–H and O–H groups in total. The fourth-order valence-corrected chi connectivity index (χ4v) is 3.01. The molecule has 1 saturated heterocycles. The number of hydrogen-bond acceptors (Lipinski definition) is 2. The van der Waals surface area contributed by atoms with Gasteiger partial charge in [-0.2, -0.15) is 0 Å². The molecule has 2 rings (SSSR count). The first-order chi connectivity index (χ1) is 10.1. The van der Waals surface area contributed by atoms with E-state index in [1.54, 1.807) is 0 Å². The molecular weight excluding hydrogens is 260 g/mol. The van der Waals surface area contributed by atoms with Crippen LogP contribution in [0.25, 0.3) is 0 Å². The fraction of sp³-hybridized carbons (Fsp3) is 0.611. The van der Waals surface area contributed by atoms with E-state index in [9.17, 15) is 4.79 Å². The molecule has 2 atom stereocenters. The van der Waals surface area contributed by atoms with Crippen LogP contribution >= 0.6 is 0 Å². The van der Waals surface area contributed by atoms with Crippen molar-refractivity contribution in [3.8, 4) is 0 Å². The van der Waals surface area contributed by atoms with Crippen molar-refractivity contribution in [2.75, 3.05) is 13.1 Å². The molecule has 1 aromatic carbocycles. The second-order valence-corrected chi connectivity index (χ2v) is 6.37. The Morgan fingerprint density at radius 3 is 2.48 bits per heavy atom. The molecule has 0 aliphatic carbocycles. The molecule has 3 heteroatoms. The summed E-state index contributed by atoms with van der Waals surface area (Å²) in [4.78, 5) is 14.3. The quantitative estimate of drug-likeness (QED) is 0.905. The molecule has 1 fully saturated rings. The van der Waals surface area contributed by atoms with E-state index in [0.717, 1.165) is 38.8 Å². The van der Waals surface area contributed by atoms with Crippen molar-refractivity contribution < 1.29 is 4.79 Å². The predicted octanol–water partition coefficient (Wildman–Crippen LogP) is 2.84. The summed E-state index contributed by atoms with van der Waals surface area (Å²) in [6.45, 7) is 5.87. The largest absolute Gasteiger partial charge is 0.341 e. The summed E-state index contributed by atoms with van der Waals surface area (Å²) >= 11 is 0. The standard InChI is InChI=1S/C18H28N2O/c1-3-14(2)17(19)18(21)20-11-9-16(10-12-20)13-15-7-5-4-6-8-15/h4-8,14,16-17H,3,9-13,19H2,1-2H3. The smallest absolute Gasteiger partial charge is 0.239 e. The van der Waals surface area contributed by atoms with Gasteiger partial charge in [-0.3, -0.25) is 4.79 Å². The van der Waals surface area contributed by atoms with E-state index in [-0.39, 0.29) is 17.9 Å². The predicted molar refractivity (Wildman–Crippen MR) is 86.9 cm³/mol. The molecule has 1 aliphatic heterocycles. The lowest BCUT2D eigenvalue weighted by atomic mass is 9.89. The number of amides is 1. The SMILES string of the molecule is CCC(C)C(N)C(=O)N1CCC(Cc2ccccc2)CC1. The molecular formula is C18H28N2O. The van der Waals surface area contributed by atoms with Gasteiger partial charge in [0, 0.05) is 13.1 Å². The zero-order valence-electron chi connectivity index (χ0n) is 13.3. The number of carbonyl (C=O) groups excluding carboxylic acids is 1. The first-order valence-electron chi connectivity index (χ1n) is 8.20. The summed E-state index contributed by atoms with van der Waals surface area (Å²) in [6.07, 6.45) is 4.26. The Balaban J connectivity index is 1.81. The first-order valence-corrected chi connectivity index (χ1v) is 8.20. The molecule has 0 radical (unpaired) electrons. The van der Waals surface area contributed by atoms with Gasteiger partial charge in [0.1, 0.15) is 0 Å². The Morgan fingerprint density at radius 2 is 1.90 bits per heavy atom. The average molecular weight is 288 g/mol. The van der Waals surface area contributed by atoms with Gasteiger partial charge in [-0.05, 0) is 36.7 Å². The molecule has 1 amide bonds. The highest BCUT2D eigenvalue weighted by molar-refractivity contribution is 5.82. The number of rotatable bonds is 5. The lowest BCUT2D eigenvalue weighted by molar-refractivity contribution is -0.135. The third-order valence-electron chi connectivity index (χ3n) is 4.84. The van der Waals surface area contributed by atoms with Crippen LogP contribution in [0.15, 0.2) is 30.3 Å². The minimum atomic E-state index is -0.333. The van der Waals surface area contributed by atoms with Crippen molar-refractivity contribution in [3.05, 3.63) is 35.9 Å². The van der Waals surface area contributed by atoms with Gasteiger partial charge in [-0.15, -0.1) is 0 Å². The van der Waals surface area contributed by atoms with Gasteiger partial charge in [0.2, 0.25) is 5.91 Å². The molecule has 2 unspecified atom stereocenters. The molecule has 0 spiro atoms. The molecule has 1 aromatic rings. The summed E-state index contributed by atoms with van der Waals surface area (Å²) in [7, 11) is 0. The van der Waals surface area contributed by atoms with E-state index in [1.807, 2.05) is 4.90 Å². The van der Waals surface area contributed by atoms with Gasteiger partial charge in [0.15, 0.2) is 0 Å². The molecule has 0 bridgehead atoms. The lowest BCUT2D eigenvalue weighted by Gasteiger charge is -2.34. The Labute approximate surface area is 128 Å². The normalized spacial score (nSPS) is 19.3. The van der Waals surface area contributed by atoms with Crippen LogP contribution < -0.4 is 5.73 Å². The number of nitrogens with two attached hydrogens (primary N) is 1. The van der Waals surface area contributed by atoms with E-state index < -0.39 is 0 Å². The van der Waals surface area contributed by atoms with Gasteiger partial charge < -0.3 is 10.6 Å². The van der Waals surface area contributed by atoms with Crippen molar-refractivity contribution in [1.82, 2.24) is 4.90 Å². The second kappa shape index (κ2) is 7.60. The van der Waals surface area contributed by atoms with Gasteiger partial charge >= 0.3 is 0 Å². The molecule has 0 saturated carbocycles. The summed E-state index contributed by atoms with van der Waals surface area (Å²) in [6, 6.07) is 10.3. The van der Waals surface area contributed by atoms with Crippen molar-refractivity contribution in [2.24, 2.45) is 17.6 Å². The Morgan fingerprint density at radius 1 is 1.29 bits per heavy atom.